The van der Waals surface area contributed by atoms with Gasteiger partial charge in [-0.1, -0.05) is 13.8 Å². The molecular formula is C24H31N11. The summed E-state index contributed by atoms with van der Waals surface area (Å²) in [6, 6.07) is 4.92. The summed E-state index contributed by atoms with van der Waals surface area (Å²) in [5.74, 6) is 2.16. The second-order valence-electron chi connectivity index (χ2n) is 10.8. The molecule has 0 radical (unpaired) electrons. The third-order valence-corrected chi connectivity index (χ3v) is 7.06. The number of aryl methyl sites for hydroxylation is 2. The quantitative estimate of drug-likeness (QED) is 0.457. The molecule has 182 valence electrons. The summed E-state index contributed by atoms with van der Waals surface area (Å²) in [4.78, 5) is 9.45. The van der Waals surface area contributed by atoms with Crippen LogP contribution < -0.4 is 15.9 Å². The van der Waals surface area contributed by atoms with E-state index < -0.39 is 0 Å². The highest BCUT2D eigenvalue weighted by Gasteiger charge is 2.41. The summed E-state index contributed by atoms with van der Waals surface area (Å²) in [6.07, 6.45) is 10.3. The molecule has 1 aliphatic carbocycles. The van der Waals surface area contributed by atoms with E-state index in [2.05, 4.69) is 74.2 Å². The summed E-state index contributed by atoms with van der Waals surface area (Å²) < 4.78 is 6.39. The van der Waals surface area contributed by atoms with E-state index in [1.54, 1.807) is 4.68 Å². The predicted octanol–water partition coefficient (Wildman–Crippen LogP) is 3.29. The number of aromatic nitrogens is 6. The summed E-state index contributed by atoms with van der Waals surface area (Å²) in [5, 5.41) is 11.1. The van der Waals surface area contributed by atoms with Crippen molar-refractivity contribution in [2.45, 2.75) is 39.7 Å². The van der Waals surface area contributed by atoms with Crippen LogP contribution in [0.1, 0.15) is 38.6 Å². The van der Waals surface area contributed by atoms with Crippen LogP contribution in [0.5, 0.6) is 0 Å². The van der Waals surface area contributed by atoms with Crippen LogP contribution in [0.3, 0.4) is 0 Å². The number of imidazole rings is 1. The first kappa shape index (κ1) is 20.8. The number of fused-ring (bicyclic) bond motifs is 2. The molecule has 11 nitrogen and oxygen atoms in total. The van der Waals surface area contributed by atoms with Crippen molar-refractivity contribution < 1.29 is 0 Å². The molecule has 0 spiro atoms. The van der Waals surface area contributed by atoms with Gasteiger partial charge in [0.25, 0.3) is 0 Å². The molecule has 0 amide bonds. The van der Waals surface area contributed by atoms with Crippen LogP contribution in [-0.4, -0.2) is 58.8 Å². The average molecular weight is 474 g/mol. The second kappa shape index (κ2) is 7.22. The zero-order valence-electron chi connectivity index (χ0n) is 20.6. The highest BCUT2D eigenvalue weighted by Crippen LogP contribution is 2.41. The van der Waals surface area contributed by atoms with Gasteiger partial charge in [0.2, 0.25) is 0 Å². The van der Waals surface area contributed by atoms with E-state index in [-0.39, 0.29) is 0 Å². The highest BCUT2D eigenvalue weighted by atomic mass is 15.8. The standard InChI is InChI=1S/C24H31N11/c1-16-27-22-21(35(16)18-5-6-18)9-19(11-25-22)32-8-7-20-23(32)33(31-13-24(2,3)14-31)15-34(29-20)28-17-10-26-30(4)12-17/h7-12,18,28-29H,5-6,13-15H2,1-4H3. The average Bonchev–Trinajstić information content (AvgIpc) is 3.25. The minimum absolute atomic E-state index is 0.304. The Morgan fingerprint density at radius 1 is 1.17 bits per heavy atom. The lowest BCUT2D eigenvalue weighted by molar-refractivity contribution is 0.00878. The molecule has 35 heavy (non-hydrogen) atoms. The van der Waals surface area contributed by atoms with Crippen molar-refractivity contribution in [2.75, 3.05) is 35.6 Å². The summed E-state index contributed by atoms with van der Waals surface area (Å²) in [6.45, 7) is 9.36. The lowest BCUT2D eigenvalue weighted by atomic mass is 9.86. The van der Waals surface area contributed by atoms with Gasteiger partial charge in [-0.05, 0) is 37.3 Å². The van der Waals surface area contributed by atoms with Gasteiger partial charge in [-0.2, -0.15) is 5.10 Å². The molecule has 3 aliphatic rings. The molecule has 6 heterocycles. The van der Waals surface area contributed by atoms with Gasteiger partial charge in [-0.15, -0.1) is 5.12 Å². The van der Waals surface area contributed by atoms with Gasteiger partial charge in [0.05, 0.1) is 35.0 Å². The first-order valence-electron chi connectivity index (χ1n) is 12.2. The Kier molecular flexibility index (Phi) is 4.28. The molecular weight excluding hydrogens is 442 g/mol. The lowest BCUT2D eigenvalue weighted by Gasteiger charge is -2.53. The fourth-order valence-corrected chi connectivity index (χ4v) is 5.40. The summed E-state index contributed by atoms with van der Waals surface area (Å²) >= 11 is 0. The van der Waals surface area contributed by atoms with Crippen LogP contribution in [0.15, 0.2) is 36.9 Å². The third kappa shape index (κ3) is 3.45. The van der Waals surface area contributed by atoms with Crippen molar-refractivity contribution >= 4 is 28.4 Å². The zero-order chi connectivity index (χ0) is 23.9. The van der Waals surface area contributed by atoms with Crippen molar-refractivity contribution in [1.29, 1.82) is 0 Å². The van der Waals surface area contributed by atoms with Crippen molar-refractivity contribution in [3.8, 4) is 5.69 Å². The number of anilines is 3. The van der Waals surface area contributed by atoms with Crippen LogP contribution in [0, 0.1) is 12.3 Å². The monoisotopic (exact) mass is 473 g/mol. The van der Waals surface area contributed by atoms with Crippen LogP contribution in [0.2, 0.25) is 0 Å². The first-order valence-corrected chi connectivity index (χ1v) is 12.2. The topological polar surface area (TPSA) is 87.2 Å². The Morgan fingerprint density at radius 3 is 2.71 bits per heavy atom. The highest BCUT2D eigenvalue weighted by molar-refractivity contribution is 5.77. The van der Waals surface area contributed by atoms with Crippen molar-refractivity contribution in [2.24, 2.45) is 12.5 Å². The maximum absolute atomic E-state index is 4.74. The van der Waals surface area contributed by atoms with Gasteiger partial charge < -0.3 is 4.57 Å². The molecule has 11 heteroatoms. The number of nitrogens with zero attached hydrogens (tertiary/aromatic N) is 9. The Balaban J connectivity index is 1.27. The van der Waals surface area contributed by atoms with E-state index in [4.69, 9.17) is 9.97 Å². The maximum Gasteiger partial charge on any atom is 0.178 e. The summed E-state index contributed by atoms with van der Waals surface area (Å²) in [7, 11) is 1.92. The third-order valence-electron chi connectivity index (χ3n) is 7.06. The molecule has 1 saturated heterocycles. The lowest BCUT2D eigenvalue weighted by Crippen LogP contribution is -2.65. The first-order chi connectivity index (χ1) is 16.8. The van der Waals surface area contributed by atoms with Gasteiger partial charge in [0.1, 0.15) is 12.5 Å². The zero-order valence-corrected chi connectivity index (χ0v) is 20.6. The Bertz CT molecular complexity index is 1410. The normalized spacial score (nSPS) is 20.1. The van der Waals surface area contributed by atoms with Gasteiger partial charge in [-0.25, -0.2) is 15.0 Å². The maximum atomic E-state index is 4.74. The second-order valence-corrected chi connectivity index (χ2v) is 10.8. The molecule has 0 atom stereocenters. The van der Waals surface area contributed by atoms with Crippen LogP contribution >= 0.6 is 0 Å². The number of rotatable bonds is 5. The van der Waals surface area contributed by atoms with E-state index in [0.29, 0.717) is 18.1 Å². The van der Waals surface area contributed by atoms with Gasteiger partial charge >= 0.3 is 0 Å². The number of hydrazine groups is 3. The van der Waals surface area contributed by atoms with Crippen LogP contribution in [0.4, 0.5) is 17.2 Å². The summed E-state index contributed by atoms with van der Waals surface area (Å²) in [5.41, 5.74) is 12.2. The molecule has 2 N–H and O–H groups in total. The molecule has 7 rings (SSSR count). The van der Waals surface area contributed by atoms with E-state index >= 15 is 0 Å². The smallest absolute Gasteiger partial charge is 0.178 e. The molecule has 1 saturated carbocycles. The number of pyridine rings is 1. The van der Waals surface area contributed by atoms with Crippen LogP contribution in [0.25, 0.3) is 16.9 Å². The van der Waals surface area contributed by atoms with Crippen molar-refractivity contribution in [3.63, 3.8) is 0 Å². The number of nitrogens with one attached hydrogen (secondary N) is 2. The molecule has 4 aromatic rings. The number of hydrogen-bond acceptors (Lipinski definition) is 8. The SMILES string of the molecule is Cc1nc2ncc(-n3ccc4c3N(N3CC(C)(C)C3)CN(Nc3cnn(C)c3)N4)cc2n1C1CC1. The molecule has 0 bridgehead atoms. The molecule has 0 aromatic carbocycles. The van der Waals surface area contributed by atoms with Crippen LogP contribution in [-0.2, 0) is 7.05 Å². The van der Waals surface area contributed by atoms with Gasteiger partial charge in [-0.3, -0.25) is 25.1 Å². The van der Waals surface area contributed by atoms with E-state index in [1.807, 2.05) is 30.8 Å². The molecule has 2 fully saturated rings. The van der Waals surface area contributed by atoms with Gasteiger partial charge in [0, 0.05) is 38.6 Å². The Labute approximate surface area is 203 Å². The van der Waals surface area contributed by atoms with Crippen molar-refractivity contribution in [3.05, 3.63) is 42.7 Å². The van der Waals surface area contributed by atoms with E-state index in [9.17, 15) is 0 Å². The van der Waals surface area contributed by atoms with E-state index in [0.717, 1.165) is 53.0 Å². The van der Waals surface area contributed by atoms with Crippen molar-refractivity contribution in [1.82, 2.24) is 39.0 Å². The minimum Gasteiger partial charge on any atom is -0.324 e. The Morgan fingerprint density at radius 2 is 2.00 bits per heavy atom. The Hall–Kier alpha value is -3.57. The fraction of sp³-hybridized carbons (Fsp3) is 0.458. The molecule has 2 aliphatic heterocycles. The van der Waals surface area contributed by atoms with E-state index in [1.165, 1.54) is 12.8 Å². The largest absolute Gasteiger partial charge is 0.324 e. The molecule has 0 unspecified atom stereocenters. The molecule has 4 aromatic heterocycles. The predicted molar refractivity (Wildman–Crippen MR) is 135 cm³/mol. The number of hydrogen-bond donors (Lipinski definition) is 2. The fourth-order valence-electron chi connectivity index (χ4n) is 5.40. The van der Waals surface area contributed by atoms with Gasteiger partial charge in [0.15, 0.2) is 11.5 Å². The minimum atomic E-state index is 0.304.